The van der Waals surface area contributed by atoms with Gasteiger partial charge in [-0.15, -0.1) is 0 Å². The molecule has 0 aliphatic heterocycles. The lowest BCUT2D eigenvalue weighted by Crippen LogP contribution is -2.38. The van der Waals surface area contributed by atoms with Gasteiger partial charge in [0.15, 0.2) is 0 Å². The van der Waals surface area contributed by atoms with Gasteiger partial charge in [0.2, 0.25) is 0 Å². The Labute approximate surface area is 357 Å². The maximum atomic E-state index is 1.64. The van der Waals surface area contributed by atoms with Gasteiger partial charge in [0.1, 0.15) is 0 Å². The Hall–Kier alpha value is 0. The summed E-state index contributed by atoms with van der Waals surface area (Å²) < 4.78 is 0. The summed E-state index contributed by atoms with van der Waals surface area (Å²) in [7, 11) is 0. The van der Waals surface area contributed by atoms with E-state index in [1.807, 2.05) is 0 Å². The lowest BCUT2D eigenvalue weighted by Gasteiger charge is -2.49. The first-order chi connectivity index (χ1) is 28.2. The van der Waals surface area contributed by atoms with Gasteiger partial charge in [-0.2, -0.15) is 0 Å². The Morgan fingerprint density at radius 1 is 0.140 bits per heavy atom. The minimum absolute atomic E-state index is 1.16. The van der Waals surface area contributed by atoms with Crippen LogP contribution in [-0.2, 0) is 0 Å². The van der Waals surface area contributed by atoms with E-state index in [1.54, 1.807) is 135 Å². The van der Waals surface area contributed by atoms with Crippen LogP contribution in [0.1, 0.15) is 276 Å². The monoisotopic (exact) mass is 785 g/mol. The lowest BCUT2D eigenvalue weighted by molar-refractivity contribution is 0.0198. The van der Waals surface area contributed by atoms with Crippen LogP contribution in [0.3, 0.4) is 0 Å². The zero-order chi connectivity index (χ0) is 38.5. The van der Waals surface area contributed by atoms with Gasteiger partial charge in [0.05, 0.1) is 0 Å². The highest BCUT2D eigenvalue weighted by Gasteiger charge is 2.59. The lowest BCUT2D eigenvalue weighted by atomic mass is 9.56. The summed E-state index contributed by atoms with van der Waals surface area (Å²) >= 11 is 0. The van der Waals surface area contributed by atoms with Crippen molar-refractivity contribution in [3.05, 3.63) is 0 Å². The average Bonchev–Trinajstić information content (AvgIpc) is 4.14. The molecule has 15 aliphatic carbocycles. The normalized spacial score (nSPS) is 44.6. The van der Waals surface area contributed by atoms with Crippen LogP contribution < -0.4 is 0 Å². The third-order valence-corrected chi connectivity index (χ3v) is 20.2. The van der Waals surface area contributed by atoms with Gasteiger partial charge in [-0.1, -0.05) is 193 Å². The smallest absolute Gasteiger partial charge is 0.0323 e. The second-order valence-corrected chi connectivity index (χ2v) is 24.3. The third kappa shape index (κ3) is 13.0. The molecule has 15 saturated carbocycles. The molecule has 0 radical (unpaired) electrons. The van der Waals surface area contributed by atoms with E-state index in [0.29, 0.717) is 0 Å². The quantitative estimate of drug-likeness (QED) is 0.170. The number of hydrogen-bond acceptors (Lipinski definition) is 0. The molecule has 15 aliphatic rings. The van der Waals surface area contributed by atoms with Crippen molar-refractivity contribution in [2.45, 2.75) is 276 Å². The Bertz CT molecular complexity index is 896. The van der Waals surface area contributed by atoms with E-state index < -0.39 is 0 Å². The van der Waals surface area contributed by atoms with Crippen LogP contribution in [0.15, 0.2) is 0 Å². The van der Waals surface area contributed by atoms with E-state index in [0.717, 1.165) is 11.8 Å². The highest BCUT2D eigenvalue weighted by atomic mass is 14.6. The molecule has 4 atom stereocenters. The molecule has 10 bridgehead atoms. The van der Waals surface area contributed by atoms with Crippen molar-refractivity contribution in [2.75, 3.05) is 0 Å². The molecule has 15 rings (SSSR count). The largest absolute Gasteiger partial charge is 0.0533 e. The van der Waals surface area contributed by atoms with Gasteiger partial charge in [-0.3, -0.25) is 0 Å². The molecular formula is C57H100. The van der Waals surface area contributed by atoms with Crippen LogP contribution in [-0.4, -0.2) is 0 Å². The van der Waals surface area contributed by atoms with E-state index in [1.165, 1.54) is 212 Å². The molecule has 15 fully saturated rings. The third-order valence-electron chi connectivity index (χ3n) is 20.2. The van der Waals surface area contributed by atoms with Gasteiger partial charge in [-0.05, 0) is 166 Å². The maximum Gasteiger partial charge on any atom is -0.0323 e. The maximum absolute atomic E-state index is 1.64. The first-order valence-electron chi connectivity index (χ1n) is 28.2. The molecule has 0 aromatic carbocycles. The van der Waals surface area contributed by atoms with Gasteiger partial charge in [0.25, 0.3) is 0 Å². The summed E-state index contributed by atoms with van der Waals surface area (Å²) in [4.78, 5) is 0. The average molecular weight is 785 g/mol. The fourth-order valence-electron chi connectivity index (χ4n) is 17.7. The highest BCUT2D eigenvalue weighted by Crippen LogP contribution is 2.67. The van der Waals surface area contributed by atoms with Crippen molar-refractivity contribution in [3.8, 4) is 0 Å². The van der Waals surface area contributed by atoms with E-state index >= 15 is 0 Å². The molecule has 328 valence electrons. The Morgan fingerprint density at radius 2 is 0.351 bits per heavy atom. The summed E-state index contributed by atoms with van der Waals surface area (Å²) in [5.74, 6) is 16.7. The van der Waals surface area contributed by atoms with Crippen LogP contribution in [0.5, 0.6) is 0 Å². The standard InChI is InChI=1S/C12H18.C10H16.C10H18.C7H12.C7H14.C6H12.C5H10/c1-2-8-5-7(1)11-9-3-4-10(6-9)12(8)11;1-7-2-9-4-8(1)5-10(3-7)6-9;1-2-6-10-8-4-3-7-9(10)5-1;1-2-7-4-3-6(1)5-7;1-2-4-6-7-5-3-1;1-2-4-6-5-3-1;1-2-4-5-3-1/h7-12H,1-6H2;7-10H,1-6H2;9-10H,1-8H2;6-7H,1-5H2;1-7H2;1-6H2;1-5H2. The SMILES string of the molecule is C1C2CC3CC1CC(C2)C3.C1CC2CC1C1C3CCC(C3)C21.C1CC2CCC1C2.C1CCC2CCCCC2C1.C1CCCC1.C1CCCCC1.C1CCCCCC1. The second kappa shape index (κ2) is 23.4. The van der Waals surface area contributed by atoms with Crippen molar-refractivity contribution in [3.63, 3.8) is 0 Å². The van der Waals surface area contributed by atoms with Crippen LogP contribution in [0.4, 0.5) is 0 Å². The zero-order valence-corrected chi connectivity index (χ0v) is 38.5. The summed E-state index contributed by atoms with van der Waals surface area (Å²) in [6, 6.07) is 0. The predicted octanol–water partition coefficient (Wildman–Crippen LogP) is 18.5. The molecule has 0 spiro atoms. The Morgan fingerprint density at radius 3 is 0.544 bits per heavy atom. The fraction of sp³-hybridized carbons (Fsp3) is 1.00. The van der Waals surface area contributed by atoms with Crippen molar-refractivity contribution in [2.24, 2.45) is 82.9 Å². The van der Waals surface area contributed by atoms with Gasteiger partial charge in [0, 0.05) is 0 Å². The van der Waals surface area contributed by atoms with E-state index in [4.69, 9.17) is 0 Å². The first kappa shape index (κ1) is 43.6. The molecular weight excluding hydrogens is 685 g/mol. The fourth-order valence-corrected chi connectivity index (χ4v) is 17.7. The molecule has 0 heterocycles. The Balaban J connectivity index is 0.0000000950. The number of fused-ring (bicyclic) bond motifs is 12. The second-order valence-electron chi connectivity index (χ2n) is 24.3. The number of rotatable bonds is 0. The molecule has 0 saturated heterocycles. The van der Waals surface area contributed by atoms with Crippen LogP contribution in [0, 0.1) is 82.9 Å². The molecule has 0 amide bonds. The predicted molar refractivity (Wildman–Crippen MR) is 247 cm³/mol. The van der Waals surface area contributed by atoms with Crippen LogP contribution >= 0.6 is 0 Å². The highest BCUT2D eigenvalue weighted by molar-refractivity contribution is 5.08. The molecule has 57 heavy (non-hydrogen) atoms. The van der Waals surface area contributed by atoms with Gasteiger partial charge >= 0.3 is 0 Å². The summed E-state index contributed by atoms with van der Waals surface area (Å²) in [6.07, 6.45) is 66.5. The topological polar surface area (TPSA) is 0 Å². The van der Waals surface area contributed by atoms with Crippen LogP contribution in [0.2, 0.25) is 0 Å². The van der Waals surface area contributed by atoms with E-state index in [-0.39, 0.29) is 0 Å². The van der Waals surface area contributed by atoms with Gasteiger partial charge in [-0.25, -0.2) is 0 Å². The molecule has 4 unspecified atom stereocenters. The molecule has 0 heteroatoms. The minimum Gasteiger partial charge on any atom is -0.0533 e. The molecule has 0 aromatic rings. The minimum atomic E-state index is 1.16. The molecule has 0 aromatic heterocycles. The van der Waals surface area contributed by atoms with Crippen molar-refractivity contribution < 1.29 is 0 Å². The van der Waals surface area contributed by atoms with Gasteiger partial charge < -0.3 is 0 Å². The van der Waals surface area contributed by atoms with E-state index in [2.05, 4.69) is 0 Å². The summed E-state index contributed by atoms with van der Waals surface area (Å²) in [6.45, 7) is 0. The summed E-state index contributed by atoms with van der Waals surface area (Å²) in [5, 5.41) is 0. The van der Waals surface area contributed by atoms with Crippen molar-refractivity contribution >= 4 is 0 Å². The van der Waals surface area contributed by atoms with Crippen LogP contribution in [0.25, 0.3) is 0 Å². The summed E-state index contributed by atoms with van der Waals surface area (Å²) in [5.41, 5.74) is 0. The zero-order valence-electron chi connectivity index (χ0n) is 38.5. The number of hydrogen-bond donors (Lipinski definition) is 0. The molecule has 0 N–H and O–H groups in total. The van der Waals surface area contributed by atoms with E-state index in [9.17, 15) is 0 Å². The molecule has 0 nitrogen and oxygen atoms in total. The van der Waals surface area contributed by atoms with Crippen molar-refractivity contribution in [1.29, 1.82) is 0 Å². The first-order valence-corrected chi connectivity index (χ1v) is 28.2. The van der Waals surface area contributed by atoms with Crippen molar-refractivity contribution in [1.82, 2.24) is 0 Å². The Kier molecular flexibility index (Phi) is 18.0.